The van der Waals surface area contributed by atoms with Crippen LogP contribution in [0.2, 0.25) is 0 Å². The molecule has 0 saturated carbocycles. The summed E-state index contributed by atoms with van der Waals surface area (Å²) in [6.07, 6.45) is 1.22. The fourth-order valence-corrected chi connectivity index (χ4v) is 3.88. The van der Waals surface area contributed by atoms with Gasteiger partial charge in [0.05, 0.1) is 9.85 Å². The second-order valence-electron chi connectivity index (χ2n) is 7.39. The molecule has 3 aromatic carbocycles. The fraction of sp³-hybridized carbons (Fsp3) is 0.0833. The van der Waals surface area contributed by atoms with Crippen molar-refractivity contribution >= 4 is 12.2 Å². The predicted octanol–water partition coefficient (Wildman–Crippen LogP) is 5.19. The van der Waals surface area contributed by atoms with E-state index in [0.717, 1.165) is 0 Å². The van der Waals surface area contributed by atoms with Gasteiger partial charge in [-0.3, -0.25) is 20.2 Å². The molecule has 0 radical (unpaired) electrons. The maximum absolute atomic E-state index is 11.7. The second kappa shape index (κ2) is 7.66. The summed E-state index contributed by atoms with van der Waals surface area (Å²) >= 11 is 0. The SMILES string of the molecule is O=[N+]([O-])C1=Cc2ccccc2O[C@@H]1c1ccc([C@H]2Oc3ccccc3C=C2[N+](=O)[O-])cc1. The average Bonchev–Trinajstić information content (AvgIpc) is 2.82. The lowest BCUT2D eigenvalue weighted by molar-refractivity contribution is -0.434. The van der Waals surface area contributed by atoms with Crippen LogP contribution < -0.4 is 9.47 Å². The van der Waals surface area contributed by atoms with Gasteiger partial charge < -0.3 is 9.47 Å². The summed E-state index contributed by atoms with van der Waals surface area (Å²) in [7, 11) is 0. The van der Waals surface area contributed by atoms with Crippen molar-refractivity contribution < 1.29 is 19.3 Å². The van der Waals surface area contributed by atoms with E-state index in [2.05, 4.69) is 0 Å². The van der Waals surface area contributed by atoms with Gasteiger partial charge in [-0.2, -0.15) is 0 Å². The molecular weight excluding hydrogens is 412 g/mol. The molecule has 5 rings (SSSR count). The van der Waals surface area contributed by atoms with E-state index in [-0.39, 0.29) is 11.4 Å². The van der Waals surface area contributed by atoms with Crippen molar-refractivity contribution in [1.29, 1.82) is 0 Å². The van der Waals surface area contributed by atoms with Crippen molar-refractivity contribution in [2.45, 2.75) is 12.2 Å². The van der Waals surface area contributed by atoms with Crippen LogP contribution in [0.3, 0.4) is 0 Å². The number of rotatable bonds is 4. The van der Waals surface area contributed by atoms with Crippen molar-refractivity contribution in [3.8, 4) is 11.5 Å². The van der Waals surface area contributed by atoms with E-state index < -0.39 is 22.1 Å². The van der Waals surface area contributed by atoms with Gasteiger partial charge in [-0.1, -0.05) is 60.7 Å². The van der Waals surface area contributed by atoms with Crippen LogP contribution >= 0.6 is 0 Å². The zero-order valence-corrected chi connectivity index (χ0v) is 16.6. The van der Waals surface area contributed by atoms with Crippen molar-refractivity contribution in [2.24, 2.45) is 0 Å². The van der Waals surface area contributed by atoms with Gasteiger partial charge in [-0.25, -0.2) is 0 Å². The maximum Gasteiger partial charge on any atom is 0.291 e. The first-order valence-corrected chi connectivity index (χ1v) is 9.84. The average molecular weight is 428 g/mol. The van der Waals surface area contributed by atoms with E-state index in [1.807, 2.05) is 0 Å². The van der Waals surface area contributed by atoms with Crippen LogP contribution in [0.15, 0.2) is 84.2 Å². The Labute approximate surface area is 182 Å². The minimum atomic E-state index is -0.896. The van der Waals surface area contributed by atoms with Crippen LogP contribution in [0.1, 0.15) is 34.5 Å². The molecule has 0 amide bonds. The lowest BCUT2D eigenvalue weighted by Crippen LogP contribution is -2.21. The van der Waals surface area contributed by atoms with E-state index in [1.54, 1.807) is 72.8 Å². The van der Waals surface area contributed by atoms with Crippen LogP contribution in [0.25, 0.3) is 12.2 Å². The highest BCUT2D eigenvalue weighted by molar-refractivity contribution is 5.63. The minimum Gasteiger partial charge on any atom is -0.474 e. The standard InChI is InChI=1S/C24H16N2O6/c27-25(28)19-13-17-5-1-3-7-21(17)31-23(19)15-9-11-16(12-10-15)24-20(26(29)30)14-18-6-2-4-8-22(18)32-24/h1-14,23-24H/t23-,24-/m1/s1. The summed E-state index contributed by atoms with van der Waals surface area (Å²) in [4.78, 5) is 22.4. The molecule has 3 aromatic rings. The number of para-hydroxylation sites is 2. The summed E-state index contributed by atoms with van der Waals surface area (Å²) in [6, 6.07) is 20.9. The van der Waals surface area contributed by atoms with Gasteiger partial charge in [0.25, 0.3) is 11.4 Å². The molecule has 158 valence electrons. The van der Waals surface area contributed by atoms with Crippen LogP contribution in [-0.4, -0.2) is 9.85 Å². The second-order valence-corrected chi connectivity index (χ2v) is 7.39. The lowest BCUT2D eigenvalue weighted by atomic mass is 9.97. The number of fused-ring (bicyclic) bond motifs is 2. The summed E-state index contributed by atoms with van der Waals surface area (Å²) in [5.74, 6) is 1.11. The molecule has 0 unspecified atom stereocenters. The van der Waals surface area contributed by atoms with Crippen molar-refractivity contribution in [3.05, 3.63) is 127 Å². The first-order chi connectivity index (χ1) is 15.5. The van der Waals surface area contributed by atoms with Crippen molar-refractivity contribution in [1.82, 2.24) is 0 Å². The number of hydrogen-bond donors (Lipinski definition) is 0. The zero-order valence-electron chi connectivity index (χ0n) is 16.6. The molecule has 0 saturated heterocycles. The Bertz CT molecular complexity index is 1200. The first kappa shape index (κ1) is 19.5. The Morgan fingerprint density at radius 2 is 0.969 bits per heavy atom. The van der Waals surface area contributed by atoms with Gasteiger partial charge in [-0.05, 0) is 12.1 Å². The molecule has 0 spiro atoms. The molecule has 0 aromatic heterocycles. The topological polar surface area (TPSA) is 105 Å². The number of benzene rings is 3. The normalized spacial score (nSPS) is 18.8. The molecule has 2 aliphatic heterocycles. The molecule has 0 aliphatic carbocycles. The maximum atomic E-state index is 11.7. The number of ether oxygens (including phenoxy) is 2. The number of nitrogens with zero attached hydrogens (tertiary/aromatic N) is 2. The number of hydrogen-bond acceptors (Lipinski definition) is 6. The quantitative estimate of drug-likeness (QED) is 0.418. The van der Waals surface area contributed by atoms with Crippen LogP contribution in [-0.2, 0) is 0 Å². The third-order valence-electron chi connectivity index (χ3n) is 5.44. The highest BCUT2D eigenvalue weighted by Crippen LogP contribution is 2.40. The summed E-state index contributed by atoms with van der Waals surface area (Å²) in [6.45, 7) is 0. The summed E-state index contributed by atoms with van der Waals surface area (Å²) < 4.78 is 11.8. The highest BCUT2D eigenvalue weighted by Gasteiger charge is 2.35. The van der Waals surface area contributed by atoms with Crippen molar-refractivity contribution in [3.63, 3.8) is 0 Å². The van der Waals surface area contributed by atoms with E-state index in [9.17, 15) is 20.2 Å². The van der Waals surface area contributed by atoms with Gasteiger partial charge in [-0.15, -0.1) is 0 Å². The van der Waals surface area contributed by atoms with E-state index in [0.29, 0.717) is 33.8 Å². The molecular formula is C24H16N2O6. The van der Waals surface area contributed by atoms with E-state index in [4.69, 9.17) is 9.47 Å². The smallest absolute Gasteiger partial charge is 0.291 e. The Morgan fingerprint density at radius 1 is 0.594 bits per heavy atom. The zero-order chi connectivity index (χ0) is 22.2. The van der Waals surface area contributed by atoms with E-state index >= 15 is 0 Å². The third kappa shape index (κ3) is 3.37. The molecule has 2 atom stereocenters. The summed E-state index contributed by atoms with van der Waals surface area (Å²) in [5, 5.41) is 23.3. The molecule has 2 heterocycles. The third-order valence-corrected chi connectivity index (χ3v) is 5.44. The molecule has 0 bridgehead atoms. The van der Waals surface area contributed by atoms with Crippen molar-refractivity contribution in [2.75, 3.05) is 0 Å². The van der Waals surface area contributed by atoms with E-state index in [1.165, 1.54) is 12.2 Å². The predicted molar refractivity (Wildman–Crippen MR) is 116 cm³/mol. The molecule has 32 heavy (non-hydrogen) atoms. The monoisotopic (exact) mass is 428 g/mol. The molecule has 8 nitrogen and oxygen atoms in total. The summed E-state index contributed by atoms with van der Waals surface area (Å²) in [5.41, 5.74) is 2.25. The van der Waals surface area contributed by atoms with Crippen LogP contribution in [0, 0.1) is 20.2 Å². The van der Waals surface area contributed by atoms with Gasteiger partial charge in [0.2, 0.25) is 12.2 Å². The fourth-order valence-electron chi connectivity index (χ4n) is 3.88. The molecule has 0 fully saturated rings. The Balaban J connectivity index is 1.48. The van der Waals surface area contributed by atoms with Crippen LogP contribution in [0.5, 0.6) is 11.5 Å². The Morgan fingerprint density at radius 3 is 1.34 bits per heavy atom. The Kier molecular flexibility index (Phi) is 4.67. The van der Waals surface area contributed by atoms with Gasteiger partial charge in [0.1, 0.15) is 11.5 Å². The van der Waals surface area contributed by atoms with Gasteiger partial charge >= 0.3 is 0 Å². The van der Waals surface area contributed by atoms with Crippen LogP contribution in [0.4, 0.5) is 0 Å². The molecule has 0 N–H and O–H groups in total. The molecule has 8 heteroatoms. The highest BCUT2D eigenvalue weighted by atomic mass is 16.6. The largest absolute Gasteiger partial charge is 0.474 e. The lowest BCUT2D eigenvalue weighted by Gasteiger charge is -2.24. The first-order valence-electron chi connectivity index (χ1n) is 9.84. The van der Waals surface area contributed by atoms with Gasteiger partial charge in [0, 0.05) is 34.4 Å². The van der Waals surface area contributed by atoms with Gasteiger partial charge in [0.15, 0.2) is 0 Å². The minimum absolute atomic E-state index is 0.0785. The molecule has 2 aliphatic rings. The number of nitro groups is 2. The Hall–Kier alpha value is -4.46.